The second-order valence-electron chi connectivity index (χ2n) is 4.06. The van der Waals surface area contributed by atoms with E-state index in [-0.39, 0.29) is 6.04 Å². The quantitative estimate of drug-likeness (QED) is 0.588. The second kappa shape index (κ2) is 5.57. The Morgan fingerprint density at radius 1 is 1.56 bits per heavy atom. The van der Waals surface area contributed by atoms with Crippen LogP contribution in [0.3, 0.4) is 0 Å². The maximum atomic E-state index is 5.76. The molecule has 0 spiro atoms. The molecule has 0 saturated heterocycles. The van der Waals surface area contributed by atoms with E-state index in [1.54, 1.807) is 11.8 Å². The van der Waals surface area contributed by atoms with Crippen LogP contribution in [0, 0.1) is 0 Å². The van der Waals surface area contributed by atoms with Crippen LogP contribution in [0.5, 0.6) is 5.75 Å². The summed E-state index contributed by atoms with van der Waals surface area (Å²) in [4.78, 5) is 0. The summed E-state index contributed by atoms with van der Waals surface area (Å²) in [6.07, 6.45) is 4.90. The fourth-order valence-electron chi connectivity index (χ4n) is 1.59. The third-order valence-corrected chi connectivity index (χ3v) is 3.29. The fraction of sp³-hybridized carbons (Fsp3) is 0.500. The van der Waals surface area contributed by atoms with E-state index in [4.69, 9.17) is 10.6 Å². The normalized spacial score (nSPS) is 17.1. The maximum Gasteiger partial charge on any atom is 0.120 e. The summed E-state index contributed by atoms with van der Waals surface area (Å²) in [5.74, 6) is 7.47. The number of rotatable bonds is 6. The molecule has 1 saturated carbocycles. The predicted molar refractivity (Wildman–Crippen MR) is 68.5 cm³/mol. The van der Waals surface area contributed by atoms with Crippen molar-refractivity contribution in [3.8, 4) is 5.75 Å². The van der Waals surface area contributed by atoms with E-state index in [1.165, 1.54) is 18.4 Å². The smallest absolute Gasteiger partial charge is 0.120 e. The Hall–Kier alpha value is -0.710. The summed E-state index contributed by atoms with van der Waals surface area (Å²) in [5.41, 5.74) is 4.03. The van der Waals surface area contributed by atoms with Gasteiger partial charge in [0.05, 0.1) is 12.1 Å². The zero-order valence-electron chi connectivity index (χ0n) is 9.48. The molecule has 3 nitrogen and oxygen atoms in total. The number of hydrogen-bond donors (Lipinski definition) is 2. The number of nitrogens with two attached hydrogens (primary N) is 1. The van der Waals surface area contributed by atoms with E-state index in [0.717, 1.165) is 11.5 Å². The van der Waals surface area contributed by atoms with E-state index >= 15 is 0 Å². The lowest BCUT2D eigenvalue weighted by Gasteiger charge is -2.16. The van der Waals surface area contributed by atoms with Crippen molar-refractivity contribution in [3.63, 3.8) is 0 Å². The van der Waals surface area contributed by atoms with Crippen LogP contribution in [0.4, 0.5) is 0 Å². The van der Waals surface area contributed by atoms with Gasteiger partial charge < -0.3 is 4.74 Å². The average Bonchev–Trinajstić information content (AvgIpc) is 3.10. The topological polar surface area (TPSA) is 47.3 Å². The summed E-state index contributed by atoms with van der Waals surface area (Å²) in [6, 6.07) is 8.39. The van der Waals surface area contributed by atoms with Crippen molar-refractivity contribution in [1.29, 1.82) is 0 Å². The summed E-state index contributed by atoms with van der Waals surface area (Å²) < 4.78 is 5.76. The first-order valence-electron chi connectivity index (χ1n) is 5.55. The second-order valence-corrected chi connectivity index (χ2v) is 4.97. The Morgan fingerprint density at radius 2 is 2.38 bits per heavy atom. The van der Waals surface area contributed by atoms with Gasteiger partial charge in [0.25, 0.3) is 0 Å². The molecule has 1 fully saturated rings. The van der Waals surface area contributed by atoms with E-state index < -0.39 is 0 Å². The van der Waals surface area contributed by atoms with Crippen molar-refractivity contribution in [2.75, 3.05) is 12.0 Å². The van der Waals surface area contributed by atoms with Crippen molar-refractivity contribution in [2.24, 2.45) is 5.84 Å². The fourth-order valence-corrected chi connectivity index (χ4v) is 2.21. The van der Waals surface area contributed by atoms with Crippen molar-refractivity contribution in [3.05, 3.63) is 29.8 Å². The lowest BCUT2D eigenvalue weighted by Crippen LogP contribution is -2.29. The first kappa shape index (κ1) is 11.8. The number of ether oxygens (including phenoxy) is 1. The van der Waals surface area contributed by atoms with E-state index in [2.05, 4.69) is 23.8 Å². The van der Waals surface area contributed by atoms with Gasteiger partial charge in [0.1, 0.15) is 5.75 Å². The van der Waals surface area contributed by atoms with E-state index in [0.29, 0.717) is 6.10 Å². The van der Waals surface area contributed by atoms with E-state index in [9.17, 15) is 0 Å². The van der Waals surface area contributed by atoms with Crippen molar-refractivity contribution < 1.29 is 4.74 Å². The van der Waals surface area contributed by atoms with Crippen LogP contribution in [0.25, 0.3) is 0 Å². The minimum atomic E-state index is 0.192. The molecule has 16 heavy (non-hydrogen) atoms. The molecule has 1 atom stereocenters. The van der Waals surface area contributed by atoms with Gasteiger partial charge in [0.15, 0.2) is 0 Å². The first-order valence-corrected chi connectivity index (χ1v) is 6.94. The van der Waals surface area contributed by atoms with Gasteiger partial charge in [-0.1, -0.05) is 12.1 Å². The summed E-state index contributed by atoms with van der Waals surface area (Å²) in [6.45, 7) is 0. The highest BCUT2D eigenvalue weighted by molar-refractivity contribution is 7.98. The molecule has 0 radical (unpaired) electrons. The van der Waals surface area contributed by atoms with Crippen LogP contribution in [0.1, 0.15) is 24.4 Å². The predicted octanol–water partition coefficient (Wildman–Crippen LogP) is 2.10. The van der Waals surface area contributed by atoms with Crippen molar-refractivity contribution in [2.45, 2.75) is 25.0 Å². The molecule has 0 bridgehead atoms. The molecule has 0 heterocycles. The Balaban J connectivity index is 2.06. The number of hydrogen-bond acceptors (Lipinski definition) is 4. The Morgan fingerprint density at radius 3 is 3.00 bits per heavy atom. The summed E-state index contributed by atoms with van der Waals surface area (Å²) in [5, 5.41) is 0. The molecule has 0 aromatic heterocycles. The molecule has 1 unspecified atom stereocenters. The summed E-state index contributed by atoms with van der Waals surface area (Å²) >= 11 is 1.78. The van der Waals surface area contributed by atoms with Crippen LogP contribution < -0.4 is 16.0 Å². The van der Waals surface area contributed by atoms with Crippen LogP contribution in [0.15, 0.2) is 24.3 Å². The number of nitrogens with one attached hydrogen (secondary N) is 1. The zero-order valence-corrected chi connectivity index (χ0v) is 10.3. The van der Waals surface area contributed by atoms with Gasteiger partial charge in [0, 0.05) is 5.75 Å². The molecular formula is C12H18N2OS. The Kier molecular flexibility index (Phi) is 4.09. The van der Waals surface area contributed by atoms with Gasteiger partial charge in [0.2, 0.25) is 0 Å². The molecule has 1 aromatic rings. The van der Waals surface area contributed by atoms with Crippen LogP contribution in [-0.4, -0.2) is 18.1 Å². The Bertz CT molecular complexity index is 342. The maximum absolute atomic E-state index is 5.76. The van der Waals surface area contributed by atoms with Gasteiger partial charge in [-0.05, 0) is 36.8 Å². The first-order chi connectivity index (χ1) is 7.83. The summed E-state index contributed by atoms with van der Waals surface area (Å²) in [7, 11) is 0. The minimum Gasteiger partial charge on any atom is -0.490 e. The van der Waals surface area contributed by atoms with E-state index in [1.807, 2.05) is 12.1 Å². The highest BCUT2D eigenvalue weighted by Gasteiger charge is 2.23. The number of thioether (sulfide) groups is 1. The van der Waals surface area contributed by atoms with Crippen molar-refractivity contribution >= 4 is 11.8 Å². The van der Waals surface area contributed by atoms with Crippen molar-refractivity contribution in [1.82, 2.24) is 5.43 Å². The average molecular weight is 238 g/mol. The highest BCUT2D eigenvalue weighted by Crippen LogP contribution is 2.28. The molecule has 1 aliphatic rings. The largest absolute Gasteiger partial charge is 0.490 e. The lowest BCUT2D eigenvalue weighted by molar-refractivity contribution is 0.302. The molecule has 3 N–H and O–H groups in total. The standard InChI is InChI=1S/C12H18N2OS/c1-16-8-12(14-13)9-3-2-4-11(7-9)15-10-5-6-10/h2-4,7,10,12,14H,5-6,8,13H2,1H3. The molecule has 1 aromatic carbocycles. The molecule has 88 valence electrons. The van der Waals surface area contributed by atoms with Gasteiger partial charge in [-0.2, -0.15) is 11.8 Å². The molecule has 1 aliphatic carbocycles. The van der Waals surface area contributed by atoms with Gasteiger partial charge >= 0.3 is 0 Å². The number of hydrazine groups is 1. The third-order valence-electron chi connectivity index (χ3n) is 2.62. The van der Waals surface area contributed by atoms with Crippen LogP contribution in [0.2, 0.25) is 0 Å². The van der Waals surface area contributed by atoms with Gasteiger partial charge in [-0.3, -0.25) is 11.3 Å². The Labute approximate surface area is 101 Å². The lowest BCUT2D eigenvalue weighted by atomic mass is 10.1. The molecule has 4 heteroatoms. The molecule has 0 aliphatic heterocycles. The molecule has 2 rings (SSSR count). The monoisotopic (exact) mass is 238 g/mol. The third kappa shape index (κ3) is 3.14. The SMILES string of the molecule is CSCC(NN)c1cccc(OC2CC2)c1. The number of benzene rings is 1. The van der Waals surface area contributed by atoms with Gasteiger partial charge in [-0.25, -0.2) is 0 Å². The zero-order chi connectivity index (χ0) is 11.4. The van der Waals surface area contributed by atoms with Crippen LogP contribution in [-0.2, 0) is 0 Å². The molecular weight excluding hydrogens is 220 g/mol. The van der Waals surface area contributed by atoms with Gasteiger partial charge in [-0.15, -0.1) is 0 Å². The highest BCUT2D eigenvalue weighted by atomic mass is 32.2. The minimum absolute atomic E-state index is 0.192. The van der Waals surface area contributed by atoms with Crippen LogP contribution >= 0.6 is 11.8 Å². The molecule has 0 amide bonds.